The Morgan fingerprint density at radius 2 is 1.68 bits per heavy atom. The van der Waals surface area contributed by atoms with Gasteiger partial charge >= 0.3 is 0 Å². The van der Waals surface area contributed by atoms with Crippen molar-refractivity contribution in [3.63, 3.8) is 0 Å². The minimum atomic E-state index is 0.424. The first-order chi connectivity index (χ1) is 13.8. The molecule has 1 fully saturated rings. The number of guanidine groups is 1. The average Bonchev–Trinajstić information content (AvgIpc) is 2.76. The zero-order chi connectivity index (χ0) is 19.6. The molecule has 150 valence electrons. The van der Waals surface area contributed by atoms with Gasteiger partial charge < -0.3 is 15.4 Å². The average molecular weight is 381 g/mol. The fourth-order valence-electron chi connectivity index (χ4n) is 3.43. The third-order valence-corrected chi connectivity index (χ3v) is 5.23. The summed E-state index contributed by atoms with van der Waals surface area (Å²) < 4.78 is 5.46. The number of nitrogens with zero attached hydrogens (tertiary/aromatic N) is 2. The quantitative estimate of drug-likeness (QED) is 0.573. The van der Waals surface area contributed by atoms with Crippen LogP contribution in [0.2, 0.25) is 0 Å². The van der Waals surface area contributed by atoms with Crippen molar-refractivity contribution in [1.82, 2.24) is 15.5 Å². The summed E-state index contributed by atoms with van der Waals surface area (Å²) in [6.07, 6.45) is 0. The predicted molar refractivity (Wildman–Crippen MR) is 116 cm³/mol. The fourth-order valence-corrected chi connectivity index (χ4v) is 3.43. The number of morpholine rings is 1. The van der Waals surface area contributed by atoms with Gasteiger partial charge in [0.2, 0.25) is 0 Å². The van der Waals surface area contributed by atoms with Crippen molar-refractivity contribution in [3.8, 4) is 0 Å². The molecule has 2 N–H and O–H groups in total. The first kappa shape index (κ1) is 20.4. The topological polar surface area (TPSA) is 48.9 Å². The lowest BCUT2D eigenvalue weighted by molar-refractivity contribution is 0.0341. The Balaban J connectivity index is 1.52. The molecule has 1 aliphatic heterocycles. The summed E-state index contributed by atoms with van der Waals surface area (Å²) >= 11 is 0. The third kappa shape index (κ3) is 6.08. The fraction of sp³-hybridized carbons (Fsp3) is 0.435. The van der Waals surface area contributed by atoms with Crippen LogP contribution in [0.3, 0.4) is 0 Å². The molecule has 0 saturated carbocycles. The van der Waals surface area contributed by atoms with E-state index in [2.05, 4.69) is 82.0 Å². The summed E-state index contributed by atoms with van der Waals surface area (Å²) in [5.41, 5.74) is 4.01. The Labute approximate surface area is 168 Å². The lowest BCUT2D eigenvalue weighted by Crippen LogP contribution is -2.39. The van der Waals surface area contributed by atoms with E-state index in [0.717, 1.165) is 51.9 Å². The van der Waals surface area contributed by atoms with Gasteiger partial charge in [0.15, 0.2) is 5.96 Å². The SMILES string of the molecule is CN=C(NCc1ccccc1CN1CCOCC1)NCC(C)c1ccccc1. The van der Waals surface area contributed by atoms with E-state index in [-0.39, 0.29) is 0 Å². The van der Waals surface area contributed by atoms with Gasteiger partial charge in [0, 0.05) is 39.8 Å². The zero-order valence-corrected chi connectivity index (χ0v) is 17.0. The molecule has 0 spiro atoms. The van der Waals surface area contributed by atoms with Gasteiger partial charge in [-0.3, -0.25) is 9.89 Å². The third-order valence-electron chi connectivity index (χ3n) is 5.23. The second-order valence-electron chi connectivity index (χ2n) is 7.28. The summed E-state index contributed by atoms with van der Waals surface area (Å²) in [7, 11) is 1.82. The van der Waals surface area contributed by atoms with Gasteiger partial charge in [0.05, 0.1) is 13.2 Å². The smallest absolute Gasteiger partial charge is 0.191 e. The summed E-state index contributed by atoms with van der Waals surface area (Å²) in [6.45, 7) is 8.47. The maximum atomic E-state index is 5.46. The van der Waals surface area contributed by atoms with Gasteiger partial charge in [-0.25, -0.2) is 0 Å². The van der Waals surface area contributed by atoms with Crippen molar-refractivity contribution >= 4 is 5.96 Å². The number of ether oxygens (including phenoxy) is 1. The Morgan fingerprint density at radius 3 is 2.39 bits per heavy atom. The number of nitrogens with one attached hydrogen (secondary N) is 2. The van der Waals surface area contributed by atoms with Crippen molar-refractivity contribution in [2.75, 3.05) is 39.9 Å². The van der Waals surface area contributed by atoms with Crippen molar-refractivity contribution in [2.24, 2.45) is 4.99 Å². The minimum absolute atomic E-state index is 0.424. The molecule has 0 aromatic heterocycles. The molecule has 0 radical (unpaired) electrons. The maximum Gasteiger partial charge on any atom is 0.191 e. The van der Waals surface area contributed by atoms with E-state index in [1.54, 1.807) is 0 Å². The van der Waals surface area contributed by atoms with Crippen LogP contribution < -0.4 is 10.6 Å². The minimum Gasteiger partial charge on any atom is -0.379 e. The highest BCUT2D eigenvalue weighted by atomic mass is 16.5. The van der Waals surface area contributed by atoms with Crippen molar-refractivity contribution in [2.45, 2.75) is 25.9 Å². The highest BCUT2D eigenvalue weighted by Gasteiger charge is 2.13. The molecule has 2 aromatic rings. The van der Waals surface area contributed by atoms with Gasteiger partial charge in [0.1, 0.15) is 0 Å². The number of rotatable bonds is 7. The lowest BCUT2D eigenvalue weighted by Gasteiger charge is -2.27. The first-order valence-electron chi connectivity index (χ1n) is 10.1. The molecule has 5 heteroatoms. The second kappa shape index (κ2) is 10.8. The Morgan fingerprint density at radius 1 is 1.00 bits per heavy atom. The van der Waals surface area contributed by atoms with Crippen LogP contribution in [0.25, 0.3) is 0 Å². The number of benzene rings is 2. The van der Waals surface area contributed by atoms with Crippen LogP contribution in [0.4, 0.5) is 0 Å². The molecule has 1 unspecified atom stereocenters. The van der Waals surface area contributed by atoms with E-state index in [9.17, 15) is 0 Å². The van der Waals surface area contributed by atoms with Gasteiger partial charge in [-0.1, -0.05) is 61.5 Å². The first-order valence-corrected chi connectivity index (χ1v) is 10.1. The Kier molecular flexibility index (Phi) is 7.88. The summed E-state index contributed by atoms with van der Waals surface area (Å²) in [4.78, 5) is 6.84. The summed E-state index contributed by atoms with van der Waals surface area (Å²) in [5.74, 6) is 1.26. The normalized spacial score (nSPS) is 16.6. The van der Waals surface area contributed by atoms with Crippen molar-refractivity contribution in [3.05, 3.63) is 71.3 Å². The largest absolute Gasteiger partial charge is 0.379 e. The van der Waals surface area contributed by atoms with Gasteiger partial charge in [-0.15, -0.1) is 0 Å². The summed E-state index contributed by atoms with van der Waals surface area (Å²) in [6, 6.07) is 19.2. The predicted octanol–water partition coefficient (Wildman–Crippen LogP) is 2.99. The maximum absolute atomic E-state index is 5.46. The van der Waals surface area contributed by atoms with E-state index in [1.165, 1.54) is 16.7 Å². The molecule has 3 rings (SSSR count). The molecule has 0 bridgehead atoms. The van der Waals surface area contributed by atoms with Crippen LogP contribution in [0.1, 0.15) is 29.5 Å². The zero-order valence-electron chi connectivity index (χ0n) is 17.0. The monoisotopic (exact) mass is 380 g/mol. The van der Waals surface area contributed by atoms with E-state index >= 15 is 0 Å². The van der Waals surface area contributed by atoms with Crippen LogP contribution in [0.15, 0.2) is 59.6 Å². The lowest BCUT2D eigenvalue weighted by atomic mass is 10.0. The van der Waals surface area contributed by atoms with E-state index in [4.69, 9.17) is 4.74 Å². The second-order valence-corrected chi connectivity index (χ2v) is 7.28. The van der Waals surface area contributed by atoms with Crippen molar-refractivity contribution in [1.29, 1.82) is 0 Å². The summed E-state index contributed by atoms with van der Waals surface area (Å²) in [5, 5.41) is 6.92. The van der Waals surface area contributed by atoms with Gasteiger partial charge in [-0.05, 0) is 22.6 Å². The van der Waals surface area contributed by atoms with Crippen LogP contribution in [-0.4, -0.2) is 50.8 Å². The standard InChI is InChI=1S/C23H32N4O/c1-19(20-8-4-3-5-9-20)16-25-23(24-2)26-17-21-10-6-7-11-22(21)18-27-12-14-28-15-13-27/h3-11,19H,12-18H2,1-2H3,(H2,24,25,26). The molecule has 1 aliphatic rings. The number of hydrogen-bond acceptors (Lipinski definition) is 3. The molecule has 0 aliphatic carbocycles. The Hall–Kier alpha value is -2.37. The molecule has 1 atom stereocenters. The Bertz CT molecular complexity index is 741. The van der Waals surface area contributed by atoms with E-state index in [0.29, 0.717) is 5.92 Å². The molecule has 1 heterocycles. The molecule has 1 saturated heterocycles. The number of hydrogen-bond donors (Lipinski definition) is 2. The molecule has 5 nitrogen and oxygen atoms in total. The van der Waals surface area contributed by atoms with Gasteiger partial charge in [-0.2, -0.15) is 0 Å². The van der Waals surface area contributed by atoms with E-state index in [1.807, 2.05) is 7.05 Å². The molecule has 0 amide bonds. The highest BCUT2D eigenvalue weighted by Crippen LogP contribution is 2.14. The molecular weight excluding hydrogens is 348 g/mol. The van der Waals surface area contributed by atoms with Crippen LogP contribution in [-0.2, 0) is 17.8 Å². The molecular formula is C23H32N4O. The highest BCUT2D eigenvalue weighted by molar-refractivity contribution is 5.79. The van der Waals surface area contributed by atoms with Gasteiger partial charge in [0.25, 0.3) is 0 Å². The van der Waals surface area contributed by atoms with E-state index < -0.39 is 0 Å². The molecule has 28 heavy (non-hydrogen) atoms. The number of aliphatic imine (C=N–C) groups is 1. The van der Waals surface area contributed by atoms with Crippen LogP contribution in [0.5, 0.6) is 0 Å². The molecule has 2 aromatic carbocycles. The van der Waals surface area contributed by atoms with Crippen LogP contribution >= 0.6 is 0 Å². The van der Waals surface area contributed by atoms with Crippen molar-refractivity contribution < 1.29 is 4.74 Å². The van der Waals surface area contributed by atoms with Crippen LogP contribution in [0, 0.1) is 0 Å².